The molecule has 0 radical (unpaired) electrons. The van der Waals surface area contributed by atoms with Crippen LogP contribution in [0.5, 0.6) is 0 Å². The van der Waals surface area contributed by atoms with Crippen molar-refractivity contribution in [1.82, 2.24) is 0 Å². The first-order valence-electron chi connectivity index (χ1n) is 9.64. The van der Waals surface area contributed by atoms with Gasteiger partial charge in [-0.25, -0.2) is 9.18 Å². The molecule has 0 unspecified atom stereocenters. The lowest BCUT2D eigenvalue weighted by Gasteiger charge is -2.43. The maximum Gasteiger partial charge on any atom is 0.340 e. The quantitative estimate of drug-likeness (QED) is 0.620. The molecule has 3 aromatic carbocycles. The molecule has 4 rings (SSSR count). The number of carbonyl (C=O) groups is 2. The van der Waals surface area contributed by atoms with E-state index in [-0.39, 0.29) is 11.1 Å². The van der Waals surface area contributed by atoms with Crippen LogP contribution in [-0.2, 0) is 25.5 Å². The molecule has 1 aliphatic heterocycles. The number of esters is 1. The first kappa shape index (κ1) is 20.6. The second-order valence-electron chi connectivity index (χ2n) is 7.33. The van der Waals surface area contributed by atoms with Crippen LogP contribution in [0, 0.1) is 5.82 Å². The maximum atomic E-state index is 14.3. The van der Waals surface area contributed by atoms with Crippen molar-refractivity contribution in [1.29, 1.82) is 0 Å². The highest BCUT2D eigenvalue weighted by Gasteiger charge is 2.68. The van der Waals surface area contributed by atoms with E-state index in [4.69, 9.17) is 4.74 Å². The van der Waals surface area contributed by atoms with Crippen LogP contribution in [0.15, 0.2) is 78.9 Å². The van der Waals surface area contributed by atoms with E-state index in [0.29, 0.717) is 11.4 Å². The summed E-state index contributed by atoms with van der Waals surface area (Å²) in [5.74, 6) is -2.33. The van der Waals surface area contributed by atoms with Crippen LogP contribution in [-0.4, -0.2) is 31.1 Å². The van der Waals surface area contributed by atoms with E-state index in [1.807, 2.05) is 0 Å². The van der Waals surface area contributed by atoms with Crippen molar-refractivity contribution >= 4 is 23.3 Å². The molecule has 0 aliphatic carbocycles. The van der Waals surface area contributed by atoms with E-state index in [0.717, 1.165) is 6.07 Å². The molecule has 2 atom stereocenters. The molecule has 0 fully saturated rings. The number of likely N-dealkylation sites (N-methyl/N-ethyl adjacent to an activating group) is 1. The van der Waals surface area contributed by atoms with Crippen molar-refractivity contribution in [3.63, 3.8) is 0 Å². The van der Waals surface area contributed by atoms with Crippen LogP contribution >= 0.6 is 0 Å². The predicted molar refractivity (Wildman–Crippen MR) is 114 cm³/mol. The Morgan fingerprint density at radius 1 is 1.06 bits per heavy atom. The highest BCUT2D eigenvalue weighted by atomic mass is 19.1. The van der Waals surface area contributed by atoms with Gasteiger partial charge >= 0.3 is 5.97 Å². The molecule has 158 valence electrons. The van der Waals surface area contributed by atoms with Gasteiger partial charge in [0.25, 0.3) is 5.91 Å². The summed E-state index contributed by atoms with van der Waals surface area (Å²) >= 11 is 0. The minimum absolute atomic E-state index is 0.0299. The number of aliphatic hydroxyl groups is 1. The highest BCUT2D eigenvalue weighted by molar-refractivity contribution is 6.12. The SMILES string of the molecule is COC(=O)[C@@](Nc1ccccc1)(c1ccccc1)[C@]1(O)C(=O)N(C)c2ccc(F)cc21. The van der Waals surface area contributed by atoms with Gasteiger partial charge in [-0.2, -0.15) is 0 Å². The molecule has 2 N–H and O–H groups in total. The van der Waals surface area contributed by atoms with Crippen LogP contribution in [0.25, 0.3) is 0 Å². The van der Waals surface area contributed by atoms with Crippen LogP contribution in [0.2, 0.25) is 0 Å². The van der Waals surface area contributed by atoms with Gasteiger partial charge in [-0.15, -0.1) is 0 Å². The molecule has 0 saturated carbocycles. The number of nitrogens with one attached hydrogen (secondary N) is 1. The fourth-order valence-electron chi connectivity index (χ4n) is 4.19. The van der Waals surface area contributed by atoms with Crippen molar-refractivity contribution in [2.75, 3.05) is 24.4 Å². The number of hydrogen-bond donors (Lipinski definition) is 2. The lowest BCUT2D eigenvalue weighted by atomic mass is 9.70. The van der Waals surface area contributed by atoms with E-state index in [1.54, 1.807) is 60.7 Å². The molecule has 0 spiro atoms. The molecule has 1 amide bonds. The van der Waals surface area contributed by atoms with E-state index >= 15 is 0 Å². The van der Waals surface area contributed by atoms with Crippen LogP contribution in [0.1, 0.15) is 11.1 Å². The number of para-hydroxylation sites is 1. The Bertz CT molecular complexity index is 1140. The van der Waals surface area contributed by atoms with Gasteiger partial charge in [-0.1, -0.05) is 48.5 Å². The Morgan fingerprint density at radius 2 is 1.68 bits per heavy atom. The van der Waals surface area contributed by atoms with E-state index in [2.05, 4.69) is 5.32 Å². The monoisotopic (exact) mass is 420 g/mol. The summed E-state index contributed by atoms with van der Waals surface area (Å²) in [6.45, 7) is 0. The Labute approximate surface area is 178 Å². The van der Waals surface area contributed by atoms with E-state index in [9.17, 15) is 19.1 Å². The first-order chi connectivity index (χ1) is 14.9. The van der Waals surface area contributed by atoms with Crippen molar-refractivity contribution < 1.29 is 23.8 Å². The zero-order valence-electron chi connectivity index (χ0n) is 17.0. The van der Waals surface area contributed by atoms with Gasteiger partial charge in [0.15, 0.2) is 0 Å². The standard InChI is InChI=1S/C24H21FN2O4/c1-27-20-14-13-17(25)15-19(20)24(30,21(27)28)23(22(29)31-2,16-9-5-3-6-10-16)26-18-11-7-4-8-12-18/h3-15,26,30H,1-2H3/t23-,24+/m0/s1. The topological polar surface area (TPSA) is 78.9 Å². The number of anilines is 2. The Hall–Kier alpha value is -3.71. The Morgan fingerprint density at radius 3 is 2.29 bits per heavy atom. The van der Waals surface area contributed by atoms with Gasteiger partial charge in [0, 0.05) is 18.3 Å². The fraction of sp³-hybridized carbons (Fsp3) is 0.167. The molecule has 0 bridgehead atoms. The summed E-state index contributed by atoms with van der Waals surface area (Å²) in [7, 11) is 2.64. The first-order valence-corrected chi connectivity index (χ1v) is 9.64. The summed E-state index contributed by atoms with van der Waals surface area (Å²) in [6.07, 6.45) is 0. The third-order valence-corrected chi connectivity index (χ3v) is 5.67. The highest BCUT2D eigenvalue weighted by Crippen LogP contribution is 2.52. The number of carbonyl (C=O) groups excluding carboxylic acids is 2. The normalized spacial score (nSPS) is 19.5. The van der Waals surface area contributed by atoms with Crippen LogP contribution < -0.4 is 10.2 Å². The summed E-state index contributed by atoms with van der Waals surface area (Å²) in [5.41, 5.74) is -3.58. The molecule has 3 aromatic rings. The molecule has 1 aliphatic rings. The molecular weight excluding hydrogens is 399 g/mol. The lowest BCUT2D eigenvalue weighted by Crippen LogP contribution is -2.63. The third-order valence-electron chi connectivity index (χ3n) is 5.67. The van der Waals surface area contributed by atoms with Crippen molar-refractivity contribution in [2.24, 2.45) is 0 Å². The minimum Gasteiger partial charge on any atom is -0.467 e. The summed E-state index contributed by atoms with van der Waals surface area (Å²) in [4.78, 5) is 28.2. The predicted octanol–water partition coefficient (Wildman–Crippen LogP) is 3.17. The number of hydrogen-bond acceptors (Lipinski definition) is 5. The molecule has 0 saturated heterocycles. The molecule has 6 nitrogen and oxygen atoms in total. The zero-order valence-corrected chi connectivity index (χ0v) is 17.0. The van der Waals surface area contributed by atoms with Crippen molar-refractivity contribution in [3.05, 3.63) is 95.8 Å². The van der Waals surface area contributed by atoms with Crippen molar-refractivity contribution in [2.45, 2.75) is 11.1 Å². The fourth-order valence-corrected chi connectivity index (χ4v) is 4.19. The smallest absolute Gasteiger partial charge is 0.340 e. The number of amides is 1. The maximum absolute atomic E-state index is 14.3. The van der Waals surface area contributed by atoms with Crippen molar-refractivity contribution in [3.8, 4) is 0 Å². The summed E-state index contributed by atoms with van der Waals surface area (Å²) in [5, 5.41) is 15.2. The van der Waals surface area contributed by atoms with Gasteiger partial charge in [-0.3, -0.25) is 4.79 Å². The third kappa shape index (κ3) is 2.89. The number of halogens is 1. The lowest BCUT2D eigenvalue weighted by molar-refractivity contribution is -0.166. The van der Waals surface area contributed by atoms with E-state index < -0.39 is 28.8 Å². The zero-order chi connectivity index (χ0) is 22.2. The van der Waals surface area contributed by atoms with Gasteiger partial charge in [0.1, 0.15) is 5.82 Å². The number of fused-ring (bicyclic) bond motifs is 1. The second-order valence-corrected chi connectivity index (χ2v) is 7.33. The van der Waals surface area contributed by atoms with Gasteiger partial charge in [-0.05, 0) is 35.9 Å². The number of ether oxygens (including phenoxy) is 1. The molecule has 7 heteroatoms. The summed E-state index contributed by atoms with van der Waals surface area (Å²) < 4.78 is 19.4. The Balaban J connectivity index is 2.09. The molecular formula is C24H21FN2O4. The van der Waals surface area contributed by atoms with Crippen LogP contribution in [0.4, 0.5) is 15.8 Å². The molecule has 31 heavy (non-hydrogen) atoms. The Kier molecular flexibility index (Phi) is 4.99. The average Bonchev–Trinajstić information content (AvgIpc) is 2.99. The number of methoxy groups -OCH3 is 1. The van der Waals surface area contributed by atoms with Gasteiger partial charge in [0.2, 0.25) is 11.1 Å². The average molecular weight is 420 g/mol. The summed E-state index contributed by atoms with van der Waals surface area (Å²) in [6, 6.07) is 20.7. The van der Waals surface area contributed by atoms with Gasteiger partial charge in [0.05, 0.1) is 12.8 Å². The second kappa shape index (κ2) is 7.52. The molecule has 1 heterocycles. The largest absolute Gasteiger partial charge is 0.467 e. The molecule has 0 aromatic heterocycles. The number of rotatable bonds is 5. The van der Waals surface area contributed by atoms with E-state index in [1.165, 1.54) is 31.2 Å². The number of benzene rings is 3. The van der Waals surface area contributed by atoms with Crippen LogP contribution in [0.3, 0.4) is 0 Å². The van der Waals surface area contributed by atoms with Gasteiger partial charge < -0.3 is 20.1 Å². The minimum atomic E-state index is -2.50. The number of nitrogens with zero attached hydrogens (tertiary/aromatic N) is 1.